The normalized spacial score (nSPS) is 12.0. The van der Waals surface area contributed by atoms with Crippen LogP contribution < -0.4 is 10.5 Å². The first-order chi connectivity index (χ1) is 7.54. The Kier molecular flexibility index (Phi) is 4.76. The van der Waals surface area contributed by atoms with Crippen LogP contribution in [0.15, 0.2) is 22.7 Å². The summed E-state index contributed by atoms with van der Waals surface area (Å²) in [5.74, 6) is 0.172. The van der Waals surface area contributed by atoms with Gasteiger partial charge < -0.3 is 15.2 Å². The maximum absolute atomic E-state index is 11.0. The summed E-state index contributed by atoms with van der Waals surface area (Å²) in [7, 11) is 1.32. The lowest BCUT2D eigenvalue weighted by Crippen LogP contribution is -2.15. The topological polar surface area (TPSA) is 61.5 Å². The Morgan fingerprint density at radius 1 is 1.56 bits per heavy atom. The summed E-state index contributed by atoms with van der Waals surface area (Å²) in [5.41, 5.74) is 6.65. The van der Waals surface area contributed by atoms with Crippen LogP contribution in [-0.4, -0.2) is 19.7 Å². The van der Waals surface area contributed by atoms with E-state index in [1.807, 2.05) is 19.1 Å². The lowest BCUT2D eigenvalue weighted by molar-refractivity contribution is -0.142. The second-order valence-corrected chi connectivity index (χ2v) is 4.25. The van der Waals surface area contributed by atoms with Gasteiger partial charge in [-0.05, 0) is 19.1 Å². The molecule has 0 saturated heterocycles. The zero-order valence-corrected chi connectivity index (χ0v) is 10.8. The van der Waals surface area contributed by atoms with Crippen LogP contribution in [0.3, 0.4) is 0 Å². The van der Waals surface area contributed by atoms with Crippen molar-refractivity contribution in [2.24, 2.45) is 5.73 Å². The highest BCUT2D eigenvalue weighted by Crippen LogP contribution is 2.27. The molecule has 1 aromatic carbocycles. The molecule has 0 bridgehead atoms. The first-order valence-corrected chi connectivity index (χ1v) is 5.58. The summed E-state index contributed by atoms with van der Waals surface area (Å²) < 4.78 is 10.7. The molecule has 0 aromatic heterocycles. The molecule has 4 nitrogen and oxygen atoms in total. The molecule has 0 aliphatic rings. The van der Waals surface area contributed by atoms with Gasteiger partial charge in [-0.1, -0.05) is 22.0 Å². The van der Waals surface area contributed by atoms with Crippen molar-refractivity contribution < 1.29 is 14.3 Å². The van der Waals surface area contributed by atoms with Gasteiger partial charge in [0.2, 0.25) is 0 Å². The molecular formula is C11H14BrNO3. The first-order valence-electron chi connectivity index (χ1n) is 4.79. The van der Waals surface area contributed by atoms with Gasteiger partial charge in [0.1, 0.15) is 5.75 Å². The summed E-state index contributed by atoms with van der Waals surface area (Å²) in [5, 5.41) is 0. The third-order valence-electron chi connectivity index (χ3n) is 2.04. The van der Waals surface area contributed by atoms with Crippen LogP contribution >= 0.6 is 15.9 Å². The summed E-state index contributed by atoms with van der Waals surface area (Å²) in [4.78, 5) is 11.0. The van der Waals surface area contributed by atoms with E-state index in [2.05, 4.69) is 20.7 Å². The predicted octanol–water partition coefficient (Wildman–Crippen LogP) is 2.02. The number of esters is 1. The van der Waals surface area contributed by atoms with Crippen LogP contribution in [0.4, 0.5) is 0 Å². The average Bonchev–Trinajstić information content (AvgIpc) is 2.25. The molecule has 0 radical (unpaired) electrons. The monoisotopic (exact) mass is 287 g/mol. The molecule has 2 N–H and O–H groups in total. The van der Waals surface area contributed by atoms with Gasteiger partial charge in [0.05, 0.1) is 7.11 Å². The Bertz CT molecular complexity index is 379. The standard InChI is InChI=1S/C11H14BrNO3/c1-7(13)9-4-3-8(12)5-10(9)16-6-11(14)15-2/h3-5,7H,6,13H2,1-2H3. The van der Waals surface area contributed by atoms with E-state index in [1.165, 1.54) is 7.11 Å². The molecule has 0 fully saturated rings. The van der Waals surface area contributed by atoms with Crippen LogP contribution in [0.5, 0.6) is 5.75 Å². The number of carbonyl (C=O) groups excluding carboxylic acids is 1. The van der Waals surface area contributed by atoms with E-state index in [9.17, 15) is 4.79 Å². The van der Waals surface area contributed by atoms with Crippen molar-refractivity contribution in [3.63, 3.8) is 0 Å². The molecule has 1 rings (SSSR count). The molecule has 16 heavy (non-hydrogen) atoms. The Hall–Kier alpha value is -1.07. The minimum Gasteiger partial charge on any atom is -0.482 e. The van der Waals surface area contributed by atoms with Gasteiger partial charge in [0.15, 0.2) is 6.61 Å². The number of hydrogen-bond donors (Lipinski definition) is 1. The minimum atomic E-state index is -0.421. The maximum Gasteiger partial charge on any atom is 0.343 e. The predicted molar refractivity (Wildman–Crippen MR) is 64.3 cm³/mol. The molecule has 88 valence electrons. The fourth-order valence-corrected chi connectivity index (χ4v) is 1.55. The van der Waals surface area contributed by atoms with E-state index in [1.54, 1.807) is 6.07 Å². The van der Waals surface area contributed by atoms with E-state index >= 15 is 0 Å². The fraction of sp³-hybridized carbons (Fsp3) is 0.364. The third kappa shape index (κ3) is 3.50. The lowest BCUT2D eigenvalue weighted by Gasteiger charge is -2.13. The Morgan fingerprint density at radius 2 is 2.25 bits per heavy atom. The molecule has 0 heterocycles. The number of halogens is 1. The number of nitrogens with two attached hydrogens (primary N) is 1. The van der Waals surface area contributed by atoms with E-state index < -0.39 is 5.97 Å². The smallest absolute Gasteiger partial charge is 0.343 e. The van der Waals surface area contributed by atoms with E-state index in [0.717, 1.165) is 10.0 Å². The number of benzene rings is 1. The molecule has 5 heteroatoms. The largest absolute Gasteiger partial charge is 0.482 e. The highest BCUT2D eigenvalue weighted by Gasteiger charge is 2.10. The van der Waals surface area contributed by atoms with Gasteiger partial charge in [-0.2, -0.15) is 0 Å². The minimum absolute atomic E-state index is 0.118. The van der Waals surface area contributed by atoms with Crippen LogP contribution in [-0.2, 0) is 9.53 Å². The molecule has 1 aromatic rings. The van der Waals surface area contributed by atoms with E-state index in [0.29, 0.717) is 5.75 Å². The van der Waals surface area contributed by atoms with Gasteiger partial charge >= 0.3 is 5.97 Å². The Morgan fingerprint density at radius 3 is 2.81 bits per heavy atom. The Balaban J connectivity index is 2.84. The zero-order valence-electron chi connectivity index (χ0n) is 9.20. The Labute approximate surface area is 103 Å². The fourth-order valence-electron chi connectivity index (χ4n) is 1.20. The van der Waals surface area contributed by atoms with Gasteiger partial charge in [-0.3, -0.25) is 0 Å². The molecule has 0 amide bonds. The van der Waals surface area contributed by atoms with Crippen molar-refractivity contribution in [3.05, 3.63) is 28.2 Å². The summed E-state index contributed by atoms with van der Waals surface area (Å²) in [6, 6.07) is 5.37. The number of ether oxygens (including phenoxy) is 2. The lowest BCUT2D eigenvalue weighted by atomic mass is 10.1. The van der Waals surface area contributed by atoms with Crippen LogP contribution in [0, 0.1) is 0 Å². The number of methoxy groups -OCH3 is 1. The quantitative estimate of drug-likeness (QED) is 0.861. The number of rotatable bonds is 4. The average molecular weight is 288 g/mol. The van der Waals surface area contributed by atoms with Crippen molar-refractivity contribution >= 4 is 21.9 Å². The van der Waals surface area contributed by atoms with Crippen molar-refractivity contribution in [3.8, 4) is 5.75 Å². The van der Waals surface area contributed by atoms with Crippen molar-refractivity contribution in [2.45, 2.75) is 13.0 Å². The number of carbonyl (C=O) groups is 1. The summed E-state index contributed by atoms with van der Waals surface area (Å²) in [6.45, 7) is 1.74. The van der Waals surface area contributed by atoms with E-state index in [-0.39, 0.29) is 12.6 Å². The van der Waals surface area contributed by atoms with Gasteiger partial charge in [0, 0.05) is 16.1 Å². The first kappa shape index (κ1) is 13.0. The van der Waals surface area contributed by atoms with Gasteiger partial charge in [-0.15, -0.1) is 0 Å². The van der Waals surface area contributed by atoms with Crippen molar-refractivity contribution in [1.82, 2.24) is 0 Å². The van der Waals surface area contributed by atoms with Gasteiger partial charge in [-0.25, -0.2) is 4.79 Å². The maximum atomic E-state index is 11.0. The van der Waals surface area contributed by atoms with Crippen molar-refractivity contribution in [1.29, 1.82) is 0 Å². The molecule has 0 aliphatic heterocycles. The second-order valence-electron chi connectivity index (χ2n) is 3.34. The molecule has 1 unspecified atom stereocenters. The highest BCUT2D eigenvalue weighted by molar-refractivity contribution is 9.10. The third-order valence-corrected chi connectivity index (χ3v) is 2.53. The highest BCUT2D eigenvalue weighted by atomic mass is 79.9. The zero-order chi connectivity index (χ0) is 12.1. The second kappa shape index (κ2) is 5.86. The molecule has 0 saturated carbocycles. The van der Waals surface area contributed by atoms with Crippen LogP contribution in [0.1, 0.15) is 18.5 Å². The van der Waals surface area contributed by atoms with Crippen LogP contribution in [0.2, 0.25) is 0 Å². The summed E-state index contributed by atoms with van der Waals surface area (Å²) >= 11 is 3.33. The molecule has 0 spiro atoms. The molecular weight excluding hydrogens is 274 g/mol. The summed E-state index contributed by atoms with van der Waals surface area (Å²) in [6.07, 6.45) is 0. The number of hydrogen-bond acceptors (Lipinski definition) is 4. The van der Waals surface area contributed by atoms with Crippen molar-refractivity contribution in [2.75, 3.05) is 13.7 Å². The van der Waals surface area contributed by atoms with Gasteiger partial charge in [0.25, 0.3) is 0 Å². The molecule has 0 aliphatic carbocycles. The van der Waals surface area contributed by atoms with E-state index in [4.69, 9.17) is 10.5 Å². The van der Waals surface area contributed by atoms with Crippen LogP contribution in [0.25, 0.3) is 0 Å². The SMILES string of the molecule is COC(=O)COc1cc(Br)ccc1C(C)N. The molecule has 1 atom stereocenters.